The number of H-pyrrole nitrogens is 1. The number of amides is 1. The van der Waals surface area contributed by atoms with Crippen LogP contribution in [0.4, 0.5) is 0 Å². The Morgan fingerprint density at radius 3 is 2.72 bits per heavy atom. The molecule has 1 aliphatic rings. The molecule has 3 aromatic rings. The van der Waals surface area contributed by atoms with Gasteiger partial charge >= 0.3 is 5.97 Å². The summed E-state index contributed by atoms with van der Waals surface area (Å²) in [5, 5.41) is 3.92. The van der Waals surface area contributed by atoms with Crippen LogP contribution in [-0.2, 0) is 33.7 Å². The van der Waals surface area contributed by atoms with Crippen molar-refractivity contribution >= 4 is 22.8 Å². The monoisotopic (exact) mass is 391 g/mol. The first-order chi connectivity index (χ1) is 14.1. The summed E-state index contributed by atoms with van der Waals surface area (Å²) in [5.41, 5.74) is 4.58. The van der Waals surface area contributed by atoms with Crippen molar-refractivity contribution in [2.24, 2.45) is 0 Å². The summed E-state index contributed by atoms with van der Waals surface area (Å²) >= 11 is 0. The highest BCUT2D eigenvalue weighted by Crippen LogP contribution is 2.20. The lowest BCUT2D eigenvalue weighted by atomic mass is 10.00. The van der Waals surface area contributed by atoms with Gasteiger partial charge < -0.3 is 15.0 Å². The van der Waals surface area contributed by atoms with Crippen LogP contribution in [0.15, 0.2) is 54.7 Å². The number of carbonyl (C=O) groups excluding carboxylic acids is 2. The number of aromatic nitrogens is 1. The third-order valence-corrected chi connectivity index (χ3v) is 5.50. The lowest BCUT2D eigenvalue weighted by molar-refractivity contribution is -0.145. The predicted molar refractivity (Wildman–Crippen MR) is 111 cm³/mol. The van der Waals surface area contributed by atoms with E-state index in [1.807, 2.05) is 42.6 Å². The lowest BCUT2D eigenvalue weighted by Gasteiger charge is -2.28. The van der Waals surface area contributed by atoms with Crippen LogP contribution in [0, 0.1) is 0 Å². The second kappa shape index (κ2) is 8.49. The van der Waals surface area contributed by atoms with Crippen molar-refractivity contribution < 1.29 is 14.3 Å². The number of carbonyl (C=O) groups is 2. The number of hydrogen-bond donors (Lipinski definition) is 2. The Bertz CT molecular complexity index is 1030. The van der Waals surface area contributed by atoms with Crippen molar-refractivity contribution in [3.8, 4) is 0 Å². The second-order valence-electron chi connectivity index (χ2n) is 7.44. The van der Waals surface area contributed by atoms with Crippen LogP contribution >= 0.6 is 0 Å². The number of aromatic amines is 1. The maximum atomic E-state index is 12.7. The van der Waals surface area contributed by atoms with Crippen LogP contribution in [0.2, 0.25) is 0 Å². The first-order valence-corrected chi connectivity index (χ1v) is 9.85. The minimum Gasteiger partial charge on any atom is -0.467 e. The molecule has 0 unspecified atom stereocenters. The third kappa shape index (κ3) is 4.32. The molecule has 4 rings (SSSR count). The van der Waals surface area contributed by atoms with E-state index in [1.54, 1.807) is 0 Å². The molecule has 0 saturated carbocycles. The molecule has 1 aromatic heterocycles. The summed E-state index contributed by atoms with van der Waals surface area (Å²) in [6, 6.07) is 15.5. The summed E-state index contributed by atoms with van der Waals surface area (Å²) < 4.78 is 4.93. The van der Waals surface area contributed by atoms with Crippen LogP contribution in [0.1, 0.15) is 16.7 Å². The topological polar surface area (TPSA) is 74.4 Å². The molecule has 6 nitrogen and oxygen atoms in total. The van der Waals surface area contributed by atoms with Crippen molar-refractivity contribution in [1.82, 2.24) is 15.2 Å². The quantitative estimate of drug-likeness (QED) is 0.633. The van der Waals surface area contributed by atoms with Crippen molar-refractivity contribution in [3.63, 3.8) is 0 Å². The fraction of sp³-hybridized carbons (Fsp3) is 0.304. The highest BCUT2D eigenvalue weighted by Gasteiger charge is 2.25. The molecule has 0 bridgehead atoms. The van der Waals surface area contributed by atoms with E-state index >= 15 is 0 Å². The number of para-hydroxylation sites is 1. The fourth-order valence-corrected chi connectivity index (χ4v) is 3.99. The number of hydrogen-bond acceptors (Lipinski definition) is 4. The first-order valence-electron chi connectivity index (χ1n) is 9.85. The van der Waals surface area contributed by atoms with E-state index in [0.717, 1.165) is 36.0 Å². The van der Waals surface area contributed by atoms with Crippen molar-refractivity contribution in [2.45, 2.75) is 25.4 Å². The third-order valence-electron chi connectivity index (χ3n) is 5.50. The first kappa shape index (κ1) is 19.2. The second-order valence-corrected chi connectivity index (χ2v) is 7.44. The van der Waals surface area contributed by atoms with Gasteiger partial charge in [-0.2, -0.15) is 0 Å². The van der Waals surface area contributed by atoms with Crippen LogP contribution in [0.5, 0.6) is 0 Å². The summed E-state index contributed by atoms with van der Waals surface area (Å²) in [7, 11) is 1.35. The lowest BCUT2D eigenvalue weighted by Crippen LogP contribution is -2.47. The van der Waals surface area contributed by atoms with E-state index in [2.05, 4.69) is 27.3 Å². The molecule has 1 amide bonds. The maximum absolute atomic E-state index is 12.7. The van der Waals surface area contributed by atoms with Crippen LogP contribution < -0.4 is 5.32 Å². The molecule has 1 atom stereocenters. The van der Waals surface area contributed by atoms with E-state index in [0.29, 0.717) is 6.42 Å². The van der Waals surface area contributed by atoms with Crippen LogP contribution in [0.25, 0.3) is 10.9 Å². The van der Waals surface area contributed by atoms with Gasteiger partial charge in [-0.05, 0) is 29.2 Å². The molecule has 0 radical (unpaired) electrons. The molecule has 29 heavy (non-hydrogen) atoms. The Kier molecular flexibility index (Phi) is 5.62. The van der Waals surface area contributed by atoms with Gasteiger partial charge in [0.25, 0.3) is 0 Å². The Hall–Kier alpha value is -3.12. The van der Waals surface area contributed by atoms with Crippen LogP contribution in [0.3, 0.4) is 0 Å². The summed E-state index contributed by atoms with van der Waals surface area (Å²) in [4.78, 5) is 30.3. The van der Waals surface area contributed by atoms with Gasteiger partial charge in [0.15, 0.2) is 0 Å². The average molecular weight is 391 g/mol. The Labute approximate surface area is 169 Å². The van der Waals surface area contributed by atoms with E-state index in [4.69, 9.17) is 4.74 Å². The zero-order valence-electron chi connectivity index (χ0n) is 16.5. The maximum Gasteiger partial charge on any atom is 0.328 e. The standard InChI is InChI=1S/C23H25N3O3/c1-29-23(28)21(12-18-13-24-20-9-5-4-8-19(18)20)25-22(27)15-26-11-10-16-6-2-3-7-17(16)14-26/h2-9,13,21,24H,10-12,14-15H2,1H3,(H,25,27)/t21-/m1/s1. The molecule has 2 heterocycles. The molecule has 6 heteroatoms. The van der Waals surface area contributed by atoms with Gasteiger partial charge in [-0.15, -0.1) is 0 Å². The zero-order valence-corrected chi connectivity index (χ0v) is 16.5. The highest BCUT2D eigenvalue weighted by molar-refractivity contribution is 5.87. The predicted octanol–water partition coefficient (Wildman–Crippen LogP) is 2.43. The van der Waals surface area contributed by atoms with Gasteiger partial charge in [0.05, 0.1) is 13.7 Å². The summed E-state index contributed by atoms with van der Waals surface area (Å²) in [5.74, 6) is -0.604. The Morgan fingerprint density at radius 1 is 1.14 bits per heavy atom. The normalized spacial score (nSPS) is 14.9. The SMILES string of the molecule is COC(=O)[C@@H](Cc1c[nH]c2ccccc12)NC(=O)CN1CCc2ccccc2C1. The van der Waals surface area contributed by atoms with Crippen molar-refractivity contribution in [1.29, 1.82) is 0 Å². The number of fused-ring (bicyclic) bond motifs is 2. The van der Waals surface area contributed by atoms with Gasteiger partial charge in [-0.3, -0.25) is 9.69 Å². The molecule has 150 valence electrons. The van der Waals surface area contributed by atoms with Gasteiger partial charge in [0, 0.05) is 36.6 Å². The van der Waals surface area contributed by atoms with Crippen molar-refractivity contribution in [3.05, 3.63) is 71.4 Å². The van der Waals surface area contributed by atoms with E-state index < -0.39 is 12.0 Å². The fourth-order valence-electron chi connectivity index (χ4n) is 3.99. The molecular formula is C23H25N3O3. The van der Waals surface area contributed by atoms with Crippen molar-refractivity contribution in [2.75, 3.05) is 20.2 Å². The molecule has 0 aliphatic carbocycles. The van der Waals surface area contributed by atoms with E-state index in [9.17, 15) is 9.59 Å². The smallest absolute Gasteiger partial charge is 0.328 e. The van der Waals surface area contributed by atoms with Gasteiger partial charge in [0.1, 0.15) is 6.04 Å². The molecule has 0 spiro atoms. The molecule has 2 N–H and O–H groups in total. The van der Waals surface area contributed by atoms with E-state index in [1.165, 1.54) is 18.2 Å². The average Bonchev–Trinajstić information content (AvgIpc) is 3.15. The minimum atomic E-state index is -0.719. The van der Waals surface area contributed by atoms with Crippen LogP contribution in [-0.4, -0.2) is 48.0 Å². The van der Waals surface area contributed by atoms with E-state index in [-0.39, 0.29) is 12.5 Å². The largest absolute Gasteiger partial charge is 0.467 e. The number of ether oxygens (including phenoxy) is 1. The molecule has 0 saturated heterocycles. The number of nitrogens with zero attached hydrogens (tertiary/aromatic N) is 1. The molecule has 2 aromatic carbocycles. The Morgan fingerprint density at radius 2 is 1.90 bits per heavy atom. The number of benzene rings is 2. The molecule has 0 fully saturated rings. The Balaban J connectivity index is 1.42. The number of rotatable bonds is 6. The summed E-state index contributed by atoms with van der Waals surface area (Å²) in [6.45, 7) is 1.83. The molecular weight excluding hydrogens is 366 g/mol. The number of methoxy groups -OCH3 is 1. The number of esters is 1. The minimum absolute atomic E-state index is 0.167. The number of nitrogens with one attached hydrogen (secondary N) is 2. The zero-order chi connectivity index (χ0) is 20.2. The molecule has 1 aliphatic heterocycles. The van der Waals surface area contributed by atoms with Gasteiger partial charge in [-0.25, -0.2) is 4.79 Å². The van der Waals surface area contributed by atoms with Gasteiger partial charge in [0.2, 0.25) is 5.91 Å². The summed E-state index contributed by atoms with van der Waals surface area (Å²) in [6.07, 6.45) is 3.19. The van der Waals surface area contributed by atoms with Gasteiger partial charge in [-0.1, -0.05) is 42.5 Å². The highest BCUT2D eigenvalue weighted by atomic mass is 16.5.